The van der Waals surface area contributed by atoms with Crippen molar-refractivity contribution in [2.45, 2.75) is 127 Å². The lowest BCUT2D eigenvalue weighted by atomic mass is 9.68. The number of likely N-dealkylation sites (N-methyl/N-ethyl adjacent to an activating group) is 1. The lowest BCUT2D eigenvalue weighted by molar-refractivity contribution is -0.125. The molecule has 3 fully saturated rings. The molecule has 3 amide bonds. The van der Waals surface area contributed by atoms with Gasteiger partial charge in [0.05, 0.1) is 18.6 Å². The van der Waals surface area contributed by atoms with Crippen LogP contribution in [-0.2, 0) is 28.5 Å². The molecular weight excluding hydrogens is 590 g/mol. The van der Waals surface area contributed by atoms with Gasteiger partial charge in [-0.1, -0.05) is 24.5 Å². The number of hydrogen-bond acceptors (Lipinski definition) is 9. The Kier molecular flexibility index (Phi) is 12.9. The van der Waals surface area contributed by atoms with Gasteiger partial charge in [0, 0.05) is 20.2 Å². The number of alkyl halides is 1. The molecule has 4 unspecified atom stereocenters. The average Bonchev–Trinajstić information content (AvgIpc) is 3.83. The first kappa shape index (κ1) is 36.5. The Morgan fingerprint density at radius 2 is 1.84 bits per heavy atom. The SMILES string of the molecule is COC1C(OC(=O)NC(=O)C(Cl)CCCCCN(C)CCNC(=O)OC(C)(C)C)CC[C@]2(CO2)C1[C@@]1(C)O[C@@H]1CC=C(C)C. The number of rotatable bonds is 15. The van der Waals surface area contributed by atoms with Crippen LogP contribution in [0, 0.1) is 5.92 Å². The normalized spacial score (nSPS) is 30.0. The van der Waals surface area contributed by atoms with E-state index in [1.807, 2.05) is 27.8 Å². The van der Waals surface area contributed by atoms with Crippen molar-refractivity contribution in [3.05, 3.63) is 11.6 Å². The second kappa shape index (κ2) is 15.6. The van der Waals surface area contributed by atoms with Gasteiger partial charge in [-0.2, -0.15) is 0 Å². The molecule has 1 saturated carbocycles. The molecule has 0 aromatic rings. The number of carbonyl (C=O) groups excluding carboxylic acids is 3. The summed E-state index contributed by atoms with van der Waals surface area (Å²) >= 11 is 6.32. The number of nitrogens with zero attached hydrogens (tertiary/aromatic N) is 1. The van der Waals surface area contributed by atoms with E-state index in [-0.39, 0.29) is 17.6 Å². The summed E-state index contributed by atoms with van der Waals surface area (Å²) < 4.78 is 29.0. The number of ether oxygens (including phenoxy) is 5. The third kappa shape index (κ3) is 10.6. The number of halogens is 1. The Labute approximate surface area is 268 Å². The summed E-state index contributed by atoms with van der Waals surface area (Å²) in [7, 11) is 3.60. The number of alkyl carbamates (subject to hydrolysis) is 2. The molecule has 0 aromatic carbocycles. The molecule has 0 bridgehead atoms. The van der Waals surface area contributed by atoms with Gasteiger partial charge in [0.15, 0.2) is 0 Å². The lowest BCUT2D eigenvalue weighted by Gasteiger charge is -2.42. The van der Waals surface area contributed by atoms with Crippen molar-refractivity contribution in [1.82, 2.24) is 15.5 Å². The fourth-order valence-corrected chi connectivity index (χ4v) is 6.41. The van der Waals surface area contributed by atoms with Crippen molar-refractivity contribution in [1.29, 1.82) is 0 Å². The minimum absolute atomic E-state index is 0.0499. The van der Waals surface area contributed by atoms with Gasteiger partial charge in [0.2, 0.25) is 5.91 Å². The van der Waals surface area contributed by atoms with Crippen LogP contribution in [0.2, 0.25) is 0 Å². The molecule has 0 radical (unpaired) electrons. The maximum absolute atomic E-state index is 12.7. The topological polar surface area (TPSA) is 131 Å². The standard InChI is InChI=1S/C32H54ClN3O8/c1-21(2)13-14-24-31(6,43-24)26-25(40-8)23(15-16-32(26)20-41-32)42-29(39)35-27(37)22(33)12-10-9-11-18-36(7)19-17-34-28(38)44-30(3,4)5/h13,22-26H,9-12,14-20H2,1-8H3,(H,34,38)(H,35,37,39)/t22?,23?,24-,25?,26?,31+,32+/m1/s1. The minimum atomic E-state index is -0.839. The monoisotopic (exact) mass is 643 g/mol. The molecule has 0 aromatic heterocycles. The van der Waals surface area contributed by atoms with Crippen molar-refractivity contribution in [2.24, 2.45) is 5.92 Å². The maximum Gasteiger partial charge on any atom is 0.414 e. The highest BCUT2D eigenvalue weighted by Gasteiger charge is 2.72. The van der Waals surface area contributed by atoms with Gasteiger partial charge >= 0.3 is 12.2 Å². The number of imide groups is 1. The van der Waals surface area contributed by atoms with E-state index in [0.29, 0.717) is 32.5 Å². The molecule has 252 valence electrons. The largest absolute Gasteiger partial charge is 0.444 e. The molecule has 1 aliphatic carbocycles. The first-order valence-corrected chi connectivity index (χ1v) is 16.3. The van der Waals surface area contributed by atoms with Crippen LogP contribution < -0.4 is 10.6 Å². The zero-order valence-electron chi connectivity index (χ0n) is 27.8. The van der Waals surface area contributed by atoms with Gasteiger partial charge in [0.25, 0.3) is 0 Å². The third-order valence-corrected chi connectivity index (χ3v) is 9.08. The van der Waals surface area contributed by atoms with E-state index >= 15 is 0 Å². The van der Waals surface area contributed by atoms with Gasteiger partial charge in [0.1, 0.15) is 34.4 Å². The highest BCUT2D eigenvalue weighted by molar-refractivity contribution is 6.31. The Balaban J connectivity index is 1.35. The van der Waals surface area contributed by atoms with E-state index in [2.05, 4.69) is 42.4 Å². The molecule has 12 heteroatoms. The Morgan fingerprint density at radius 1 is 1.14 bits per heavy atom. The second-order valence-electron chi connectivity index (χ2n) is 13.9. The molecule has 44 heavy (non-hydrogen) atoms. The summed E-state index contributed by atoms with van der Waals surface area (Å²) in [6.45, 7) is 14.4. The zero-order chi connectivity index (χ0) is 32.7. The van der Waals surface area contributed by atoms with Gasteiger partial charge in [-0.25, -0.2) is 9.59 Å². The van der Waals surface area contributed by atoms with Crippen molar-refractivity contribution < 1.29 is 38.1 Å². The van der Waals surface area contributed by atoms with E-state index in [1.165, 1.54) is 5.57 Å². The number of epoxide rings is 2. The zero-order valence-corrected chi connectivity index (χ0v) is 28.6. The predicted octanol–water partition coefficient (Wildman–Crippen LogP) is 4.94. The van der Waals surface area contributed by atoms with Crippen LogP contribution in [0.1, 0.15) is 86.5 Å². The Morgan fingerprint density at radius 3 is 2.45 bits per heavy atom. The molecule has 2 heterocycles. The van der Waals surface area contributed by atoms with Crippen molar-refractivity contribution in [3.63, 3.8) is 0 Å². The van der Waals surface area contributed by atoms with Crippen molar-refractivity contribution >= 4 is 29.7 Å². The maximum atomic E-state index is 12.7. The molecule has 2 aliphatic heterocycles. The fraction of sp³-hybridized carbons (Fsp3) is 0.844. The summed E-state index contributed by atoms with van der Waals surface area (Å²) in [5, 5.41) is 4.22. The van der Waals surface area contributed by atoms with Crippen LogP contribution in [-0.4, -0.2) is 104 Å². The quantitative estimate of drug-likeness (QED) is 0.110. The number of hydrogen-bond donors (Lipinski definition) is 2. The second-order valence-corrected chi connectivity index (χ2v) is 14.4. The molecule has 2 N–H and O–H groups in total. The van der Waals surface area contributed by atoms with Crippen LogP contribution in [0.4, 0.5) is 9.59 Å². The summed E-state index contributed by atoms with van der Waals surface area (Å²) in [6.07, 6.45) is 5.11. The number of carbonyl (C=O) groups is 3. The van der Waals surface area contributed by atoms with Crippen LogP contribution in [0.3, 0.4) is 0 Å². The first-order chi connectivity index (χ1) is 20.6. The third-order valence-electron chi connectivity index (χ3n) is 8.66. The number of allylic oxidation sites excluding steroid dienone is 1. The summed E-state index contributed by atoms with van der Waals surface area (Å²) in [4.78, 5) is 39.2. The number of unbranched alkanes of at least 4 members (excludes halogenated alkanes) is 2. The van der Waals surface area contributed by atoms with Gasteiger partial charge in [-0.15, -0.1) is 11.6 Å². The molecule has 3 aliphatic rings. The molecule has 2 saturated heterocycles. The highest BCUT2D eigenvalue weighted by atomic mass is 35.5. The van der Waals surface area contributed by atoms with Crippen LogP contribution in [0.5, 0.6) is 0 Å². The van der Waals surface area contributed by atoms with E-state index in [9.17, 15) is 14.4 Å². The van der Waals surface area contributed by atoms with Crippen molar-refractivity contribution in [3.8, 4) is 0 Å². The highest BCUT2D eigenvalue weighted by Crippen LogP contribution is 2.59. The van der Waals surface area contributed by atoms with Crippen molar-refractivity contribution in [2.75, 3.05) is 40.4 Å². The molecule has 11 nitrogen and oxygen atoms in total. The predicted molar refractivity (Wildman–Crippen MR) is 168 cm³/mol. The van der Waals surface area contributed by atoms with E-state index in [4.69, 9.17) is 35.3 Å². The number of methoxy groups -OCH3 is 1. The number of amides is 3. The fourth-order valence-electron chi connectivity index (χ4n) is 6.20. The molecular formula is C32H54ClN3O8. The first-order valence-electron chi connectivity index (χ1n) is 15.9. The van der Waals surface area contributed by atoms with Crippen LogP contribution >= 0.6 is 11.6 Å². The Bertz CT molecular complexity index is 1030. The average molecular weight is 644 g/mol. The minimum Gasteiger partial charge on any atom is -0.444 e. The van der Waals surface area contributed by atoms with E-state index < -0.39 is 46.9 Å². The molecule has 3 rings (SSSR count). The van der Waals surface area contributed by atoms with Crippen LogP contribution in [0.25, 0.3) is 0 Å². The van der Waals surface area contributed by atoms with Gasteiger partial charge in [-0.3, -0.25) is 10.1 Å². The summed E-state index contributed by atoms with van der Waals surface area (Å²) in [6, 6.07) is 0. The van der Waals surface area contributed by atoms with Gasteiger partial charge in [-0.05, 0) is 87.2 Å². The smallest absolute Gasteiger partial charge is 0.414 e. The summed E-state index contributed by atoms with van der Waals surface area (Å²) in [5.41, 5.74) is -0.0469. The van der Waals surface area contributed by atoms with E-state index in [0.717, 1.165) is 38.6 Å². The molecule has 1 spiro atoms. The Hall–Kier alpha value is -1.92. The summed E-state index contributed by atoms with van der Waals surface area (Å²) in [5.74, 6) is -0.663. The van der Waals surface area contributed by atoms with Crippen LogP contribution in [0.15, 0.2) is 11.6 Å². The van der Waals surface area contributed by atoms with E-state index in [1.54, 1.807) is 7.11 Å². The lowest BCUT2D eigenvalue weighted by Crippen LogP contribution is -2.56. The van der Waals surface area contributed by atoms with Gasteiger partial charge < -0.3 is 33.9 Å². The molecule has 7 atom stereocenters. The number of nitrogens with one attached hydrogen (secondary N) is 2.